The fourth-order valence-corrected chi connectivity index (χ4v) is 0. The third-order valence-electron chi connectivity index (χ3n) is 0. The Morgan fingerprint density at radius 1 is 1.00 bits per heavy atom. The minimum Gasteiger partial charge on any atom is -0.402 e. The predicted molar refractivity (Wildman–Crippen MR) is 18.2 cm³/mol. The van der Waals surface area contributed by atoms with Gasteiger partial charge in [0.15, 0.2) is 0 Å². The molecule has 0 heterocycles. The first-order valence-corrected chi connectivity index (χ1v) is 0.775. The summed E-state index contributed by atoms with van der Waals surface area (Å²) in [4.78, 5) is 0. The van der Waals surface area contributed by atoms with Crippen molar-refractivity contribution in [2.45, 2.75) is 0 Å². The van der Waals surface area contributed by atoms with E-state index in [0.717, 1.165) is 0 Å². The first kappa shape index (κ1) is 16.0. The summed E-state index contributed by atoms with van der Waals surface area (Å²) in [7, 11) is -2.17. The van der Waals surface area contributed by atoms with Crippen LogP contribution in [0, 0.1) is 0 Å². The summed E-state index contributed by atoms with van der Waals surface area (Å²) in [5.74, 6) is 0. The third-order valence-corrected chi connectivity index (χ3v) is 0. The first-order valence-electron chi connectivity index (χ1n) is 0.775. The molecule has 6 heavy (non-hydrogen) atoms. The van der Waals surface area contributed by atoms with Gasteiger partial charge in [0.05, 0.1) is 0 Å². The Labute approximate surface area is 48.1 Å². The molecule has 0 aromatic heterocycles. The number of hydrogen-bond acceptors (Lipinski definition) is 3. The fourth-order valence-electron chi connectivity index (χ4n) is 0. The second-order valence-corrected chi connectivity index (χ2v) is 0.346. The standard InChI is InChI=1S/BH3O3.B.Ni/c2-1(3)4;;/h2-4H;;. The van der Waals surface area contributed by atoms with Gasteiger partial charge in [-0.05, 0) is 0 Å². The molecular weight excluding hydrogens is 128 g/mol. The molecule has 37 valence electrons. The summed E-state index contributed by atoms with van der Waals surface area (Å²) in [6.45, 7) is 0. The first-order chi connectivity index (χ1) is 1.73. The van der Waals surface area contributed by atoms with Crippen molar-refractivity contribution in [2.75, 3.05) is 0 Å². The summed E-state index contributed by atoms with van der Waals surface area (Å²) in [6.07, 6.45) is 0. The van der Waals surface area contributed by atoms with Gasteiger partial charge in [0.2, 0.25) is 0 Å². The Kier molecular flexibility index (Phi) is 24.3. The van der Waals surface area contributed by atoms with E-state index >= 15 is 0 Å². The van der Waals surface area contributed by atoms with E-state index in [-0.39, 0.29) is 24.9 Å². The van der Waals surface area contributed by atoms with Crippen LogP contribution in [-0.4, -0.2) is 30.8 Å². The van der Waals surface area contributed by atoms with Crippen molar-refractivity contribution in [3.63, 3.8) is 0 Å². The van der Waals surface area contributed by atoms with Crippen molar-refractivity contribution in [2.24, 2.45) is 0 Å². The van der Waals surface area contributed by atoms with Gasteiger partial charge in [-0.2, -0.15) is 0 Å². The summed E-state index contributed by atoms with van der Waals surface area (Å²) >= 11 is 0. The van der Waals surface area contributed by atoms with Crippen LogP contribution in [0.4, 0.5) is 0 Å². The van der Waals surface area contributed by atoms with Crippen LogP contribution in [-0.2, 0) is 16.5 Å². The van der Waals surface area contributed by atoms with Gasteiger partial charge in [-0.15, -0.1) is 0 Å². The molecule has 0 aliphatic carbocycles. The number of rotatable bonds is 0. The molecular formula is H3B2NiO3. The van der Waals surface area contributed by atoms with Gasteiger partial charge in [0.25, 0.3) is 0 Å². The maximum atomic E-state index is 7.17. The molecule has 0 atom stereocenters. The van der Waals surface area contributed by atoms with E-state index < -0.39 is 7.32 Å². The minimum atomic E-state index is -2.17. The van der Waals surface area contributed by atoms with Gasteiger partial charge in [0.1, 0.15) is 0 Å². The Morgan fingerprint density at radius 3 is 1.00 bits per heavy atom. The Hall–Kier alpha value is 0.503. The zero-order valence-corrected chi connectivity index (χ0v) is 3.80. The Balaban J connectivity index is -0.0000000450. The van der Waals surface area contributed by atoms with Gasteiger partial charge in [-0.25, -0.2) is 0 Å². The van der Waals surface area contributed by atoms with E-state index in [1.54, 1.807) is 0 Å². The van der Waals surface area contributed by atoms with Crippen LogP contribution in [0.25, 0.3) is 0 Å². The summed E-state index contributed by atoms with van der Waals surface area (Å²) in [5, 5.41) is 21.5. The minimum absolute atomic E-state index is 0. The van der Waals surface area contributed by atoms with E-state index in [1.807, 2.05) is 0 Å². The maximum absolute atomic E-state index is 7.17. The van der Waals surface area contributed by atoms with Crippen molar-refractivity contribution in [1.29, 1.82) is 0 Å². The predicted octanol–water partition coefficient (Wildman–Crippen LogP) is -2.44. The molecule has 3 N–H and O–H groups in total. The Morgan fingerprint density at radius 2 is 1.00 bits per heavy atom. The molecule has 0 aliphatic heterocycles. The molecule has 0 amide bonds. The molecule has 0 rings (SSSR count). The van der Waals surface area contributed by atoms with Gasteiger partial charge in [0, 0.05) is 24.9 Å². The molecule has 0 unspecified atom stereocenters. The second-order valence-electron chi connectivity index (χ2n) is 0.346. The smallest absolute Gasteiger partial charge is 0.402 e. The monoisotopic (exact) mass is 131 g/mol. The largest absolute Gasteiger partial charge is 0.631 e. The maximum Gasteiger partial charge on any atom is 0.631 e. The third kappa shape index (κ3) is 218. The zero-order chi connectivity index (χ0) is 3.58. The van der Waals surface area contributed by atoms with Crippen LogP contribution in [0.3, 0.4) is 0 Å². The summed E-state index contributed by atoms with van der Waals surface area (Å²) in [6, 6.07) is 0. The van der Waals surface area contributed by atoms with E-state index in [9.17, 15) is 0 Å². The second kappa shape index (κ2) is 9.09. The van der Waals surface area contributed by atoms with E-state index in [4.69, 9.17) is 15.1 Å². The van der Waals surface area contributed by atoms with Crippen molar-refractivity contribution >= 4 is 15.7 Å². The van der Waals surface area contributed by atoms with Crippen LogP contribution in [0.5, 0.6) is 0 Å². The van der Waals surface area contributed by atoms with Crippen LogP contribution in [0.1, 0.15) is 0 Å². The molecule has 0 spiro atoms. The normalized spacial score (nSPS) is 4.50. The van der Waals surface area contributed by atoms with Crippen molar-refractivity contribution in [1.82, 2.24) is 0 Å². The average molecular weight is 131 g/mol. The number of hydrogen-bond donors (Lipinski definition) is 3. The molecule has 6 heteroatoms. The Bertz CT molecular complexity index is 13.5. The van der Waals surface area contributed by atoms with Crippen LogP contribution < -0.4 is 0 Å². The molecule has 0 saturated heterocycles. The quantitative estimate of drug-likeness (QED) is 0.320. The van der Waals surface area contributed by atoms with Gasteiger partial charge < -0.3 is 15.1 Å². The zero-order valence-electron chi connectivity index (χ0n) is 2.81. The molecule has 0 fully saturated rings. The van der Waals surface area contributed by atoms with Crippen molar-refractivity contribution < 1.29 is 31.6 Å². The molecule has 0 aromatic carbocycles. The fraction of sp³-hybridized carbons (Fsp3) is 0. The SMILES string of the molecule is OB(O)O.[B].[Ni]. The van der Waals surface area contributed by atoms with E-state index in [0.29, 0.717) is 0 Å². The topological polar surface area (TPSA) is 60.7 Å². The van der Waals surface area contributed by atoms with Gasteiger partial charge >= 0.3 is 7.32 Å². The molecule has 0 aliphatic rings. The molecule has 0 bridgehead atoms. The van der Waals surface area contributed by atoms with Crippen LogP contribution in [0.15, 0.2) is 0 Å². The van der Waals surface area contributed by atoms with Crippen LogP contribution >= 0.6 is 0 Å². The summed E-state index contributed by atoms with van der Waals surface area (Å²) < 4.78 is 0. The van der Waals surface area contributed by atoms with Crippen LogP contribution in [0.2, 0.25) is 0 Å². The van der Waals surface area contributed by atoms with E-state index in [2.05, 4.69) is 0 Å². The van der Waals surface area contributed by atoms with E-state index in [1.165, 1.54) is 0 Å². The van der Waals surface area contributed by atoms with Crippen molar-refractivity contribution in [3.8, 4) is 0 Å². The molecule has 0 saturated carbocycles. The van der Waals surface area contributed by atoms with Crippen molar-refractivity contribution in [3.05, 3.63) is 0 Å². The molecule has 3 nitrogen and oxygen atoms in total. The molecule has 3 radical (unpaired) electrons. The summed E-state index contributed by atoms with van der Waals surface area (Å²) in [5.41, 5.74) is 0. The molecule has 0 aromatic rings. The average Bonchev–Trinajstić information content (AvgIpc) is 0.811. The van der Waals surface area contributed by atoms with Gasteiger partial charge in [-0.1, -0.05) is 0 Å². The van der Waals surface area contributed by atoms with Gasteiger partial charge in [-0.3, -0.25) is 0 Å².